The molecule has 0 unspecified atom stereocenters. The summed E-state index contributed by atoms with van der Waals surface area (Å²) >= 11 is 0. The van der Waals surface area contributed by atoms with E-state index in [0.29, 0.717) is 22.6 Å². The molecule has 0 bridgehead atoms. The van der Waals surface area contributed by atoms with Crippen molar-refractivity contribution < 1.29 is 14.0 Å². The zero-order chi connectivity index (χ0) is 18.5. The van der Waals surface area contributed by atoms with Crippen molar-refractivity contribution in [3.8, 4) is 11.4 Å². The van der Waals surface area contributed by atoms with Gasteiger partial charge in [0.05, 0.1) is 0 Å². The van der Waals surface area contributed by atoms with Crippen LogP contribution in [0.1, 0.15) is 10.4 Å². The number of amides is 2. The standard InChI is InChI=1S/C17H15FN6O2/c1-19-17(26)12-4-8-14(9-5-12)20-15(25)10-24-22-16(21-23-24)11-2-6-13(18)7-3-11/h2-9H,10H2,1H3,(H,19,26)(H,20,25). The molecule has 1 aromatic heterocycles. The Hall–Kier alpha value is -3.62. The summed E-state index contributed by atoms with van der Waals surface area (Å²) in [7, 11) is 1.54. The molecular weight excluding hydrogens is 339 g/mol. The minimum atomic E-state index is -0.358. The Morgan fingerprint density at radius 1 is 1.08 bits per heavy atom. The van der Waals surface area contributed by atoms with Gasteiger partial charge < -0.3 is 10.6 Å². The zero-order valence-electron chi connectivity index (χ0n) is 13.8. The molecule has 0 saturated heterocycles. The van der Waals surface area contributed by atoms with E-state index in [1.165, 1.54) is 24.3 Å². The first-order valence-electron chi connectivity index (χ1n) is 7.71. The molecule has 2 amide bonds. The van der Waals surface area contributed by atoms with Gasteiger partial charge in [0.15, 0.2) is 0 Å². The first kappa shape index (κ1) is 17.2. The van der Waals surface area contributed by atoms with Gasteiger partial charge in [-0.2, -0.15) is 4.80 Å². The van der Waals surface area contributed by atoms with Crippen LogP contribution in [0.2, 0.25) is 0 Å². The second-order valence-corrected chi connectivity index (χ2v) is 5.35. The predicted octanol–water partition coefficient (Wildman–Crippen LogP) is 1.48. The van der Waals surface area contributed by atoms with Gasteiger partial charge in [-0.05, 0) is 53.7 Å². The number of aromatic nitrogens is 4. The Kier molecular flexibility index (Phi) is 4.97. The van der Waals surface area contributed by atoms with Crippen LogP contribution < -0.4 is 10.6 Å². The van der Waals surface area contributed by atoms with E-state index in [1.807, 2.05) is 0 Å². The van der Waals surface area contributed by atoms with E-state index < -0.39 is 0 Å². The molecule has 0 aliphatic rings. The molecule has 132 valence electrons. The van der Waals surface area contributed by atoms with Gasteiger partial charge in [-0.25, -0.2) is 4.39 Å². The average Bonchev–Trinajstić information content (AvgIpc) is 3.10. The van der Waals surface area contributed by atoms with Crippen LogP contribution in [0.25, 0.3) is 11.4 Å². The number of carbonyl (C=O) groups excluding carboxylic acids is 2. The lowest BCUT2D eigenvalue weighted by molar-refractivity contribution is -0.117. The molecule has 0 saturated carbocycles. The van der Waals surface area contributed by atoms with E-state index >= 15 is 0 Å². The van der Waals surface area contributed by atoms with Gasteiger partial charge in [-0.3, -0.25) is 9.59 Å². The second-order valence-electron chi connectivity index (χ2n) is 5.35. The van der Waals surface area contributed by atoms with Gasteiger partial charge in [-0.15, -0.1) is 10.2 Å². The van der Waals surface area contributed by atoms with Gasteiger partial charge in [0.25, 0.3) is 5.91 Å². The van der Waals surface area contributed by atoms with E-state index in [4.69, 9.17) is 0 Å². The summed E-state index contributed by atoms with van der Waals surface area (Å²) in [6.45, 7) is -0.134. The Labute approximate surface area is 148 Å². The molecule has 3 rings (SSSR count). The number of halogens is 1. The quantitative estimate of drug-likeness (QED) is 0.723. The maximum Gasteiger partial charge on any atom is 0.251 e. The molecule has 0 aliphatic carbocycles. The van der Waals surface area contributed by atoms with Gasteiger partial charge >= 0.3 is 0 Å². The number of anilines is 1. The third-order valence-corrected chi connectivity index (χ3v) is 3.50. The lowest BCUT2D eigenvalue weighted by atomic mass is 10.2. The third kappa shape index (κ3) is 4.07. The van der Waals surface area contributed by atoms with E-state index in [0.717, 1.165) is 4.80 Å². The highest BCUT2D eigenvalue weighted by atomic mass is 19.1. The highest BCUT2D eigenvalue weighted by Gasteiger charge is 2.10. The van der Waals surface area contributed by atoms with Crippen molar-refractivity contribution in [2.75, 3.05) is 12.4 Å². The first-order chi connectivity index (χ1) is 12.5. The van der Waals surface area contributed by atoms with Crippen molar-refractivity contribution in [3.63, 3.8) is 0 Å². The van der Waals surface area contributed by atoms with Crippen LogP contribution in [0.4, 0.5) is 10.1 Å². The molecule has 2 N–H and O–H groups in total. The SMILES string of the molecule is CNC(=O)c1ccc(NC(=O)Cn2nnc(-c3ccc(F)cc3)n2)cc1. The third-order valence-electron chi connectivity index (χ3n) is 3.50. The molecule has 3 aromatic rings. The summed E-state index contributed by atoms with van der Waals surface area (Å²) in [5, 5.41) is 17.0. The zero-order valence-corrected chi connectivity index (χ0v) is 13.8. The number of tetrazole rings is 1. The predicted molar refractivity (Wildman–Crippen MR) is 91.7 cm³/mol. The minimum Gasteiger partial charge on any atom is -0.355 e. The monoisotopic (exact) mass is 354 g/mol. The number of benzene rings is 2. The van der Waals surface area contributed by atoms with Gasteiger partial charge in [0.1, 0.15) is 12.4 Å². The highest BCUT2D eigenvalue weighted by molar-refractivity contribution is 5.95. The molecule has 8 nitrogen and oxygen atoms in total. The fourth-order valence-corrected chi connectivity index (χ4v) is 2.20. The fourth-order valence-electron chi connectivity index (χ4n) is 2.20. The van der Waals surface area contributed by atoms with E-state index in [-0.39, 0.29) is 24.2 Å². The molecule has 0 fully saturated rings. The maximum atomic E-state index is 12.9. The number of rotatable bonds is 5. The topological polar surface area (TPSA) is 102 Å². The Bertz CT molecular complexity index is 921. The van der Waals surface area contributed by atoms with Crippen LogP contribution in [0, 0.1) is 5.82 Å². The van der Waals surface area contributed by atoms with Crippen molar-refractivity contribution in [2.24, 2.45) is 0 Å². The van der Waals surface area contributed by atoms with Crippen LogP contribution in [0.15, 0.2) is 48.5 Å². The molecular formula is C17H15FN6O2. The number of hydrogen-bond acceptors (Lipinski definition) is 5. The molecule has 0 aliphatic heterocycles. The maximum absolute atomic E-state index is 12.9. The summed E-state index contributed by atoms with van der Waals surface area (Å²) in [6.07, 6.45) is 0. The van der Waals surface area contributed by atoms with E-state index in [1.54, 1.807) is 31.3 Å². The van der Waals surface area contributed by atoms with Crippen LogP contribution in [0.5, 0.6) is 0 Å². The summed E-state index contributed by atoms with van der Waals surface area (Å²) in [4.78, 5) is 24.7. The second kappa shape index (κ2) is 7.51. The number of carbonyl (C=O) groups is 2. The van der Waals surface area contributed by atoms with Crippen LogP contribution in [0.3, 0.4) is 0 Å². The summed E-state index contributed by atoms with van der Waals surface area (Å²) < 4.78 is 12.9. The smallest absolute Gasteiger partial charge is 0.251 e. The highest BCUT2D eigenvalue weighted by Crippen LogP contribution is 2.14. The lowest BCUT2D eigenvalue weighted by Gasteiger charge is -2.05. The van der Waals surface area contributed by atoms with Crippen molar-refractivity contribution in [2.45, 2.75) is 6.54 Å². The van der Waals surface area contributed by atoms with Crippen molar-refractivity contribution in [3.05, 3.63) is 59.9 Å². The van der Waals surface area contributed by atoms with Crippen molar-refractivity contribution >= 4 is 17.5 Å². The molecule has 0 spiro atoms. The van der Waals surface area contributed by atoms with Gasteiger partial charge in [0.2, 0.25) is 11.7 Å². The minimum absolute atomic E-state index is 0.134. The van der Waals surface area contributed by atoms with E-state index in [2.05, 4.69) is 26.0 Å². The molecule has 0 atom stereocenters. The van der Waals surface area contributed by atoms with Crippen molar-refractivity contribution in [1.29, 1.82) is 0 Å². The molecule has 9 heteroatoms. The fraction of sp³-hybridized carbons (Fsp3) is 0.118. The average molecular weight is 354 g/mol. The largest absolute Gasteiger partial charge is 0.355 e. The van der Waals surface area contributed by atoms with Crippen LogP contribution >= 0.6 is 0 Å². The summed E-state index contributed by atoms with van der Waals surface area (Å²) in [5.74, 6) is -0.612. The number of nitrogens with zero attached hydrogens (tertiary/aromatic N) is 4. The van der Waals surface area contributed by atoms with Gasteiger partial charge in [0, 0.05) is 23.9 Å². The molecule has 2 aromatic carbocycles. The molecule has 0 radical (unpaired) electrons. The first-order valence-corrected chi connectivity index (χ1v) is 7.71. The summed E-state index contributed by atoms with van der Waals surface area (Å²) in [5.41, 5.74) is 1.64. The lowest BCUT2D eigenvalue weighted by Crippen LogP contribution is -2.21. The van der Waals surface area contributed by atoms with Gasteiger partial charge in [-0.1, -0.05) is 0 Å². The Morgan fingerprint density at radius 2 is 1.77 bits per heavy atom. The van der Waals surface area contributed by atoms with E-state index in [9.17, 15) is 14.0 Å². The van der Waals surface area contributed by atoms with Crippen molar-refractivity contribution in [1.82, 2.24) is 25.5 Å². The van der Waals surface area contributed by atoms with Crippen LogP contribution in [-0.4, -0.2) is 39.1 Å². The normalized spacial score (nSPS) is 10.4. The summed E-state index contributed by atoms with van der Waals surface area (Å²) in [6, 6.07) is 12.1. The number of hydrogen-bond donors (Lipinski definition) is 2. The Morgan fingerprint density at radius 3 is 2.42 bits per heavy atom. The molecule has 1 heterocycles. The Balaban J connectivity index is 1.61. The van der Waals surface area contributed by atoms with Crippen LogP contribution in [-0.2, 0) is 11.3 Å². The molecule has 26 heavy (non-hydrogen) atoms. The number of nitrogens with one attached hydrogen (secondary N) is 2.